The lowest BCUT2D eigenvalue weighted by atomic mass is 10.0. The number of nitrogens with zero attached hydrogens (tertiary/aromatic N) is 5. The molecule has 1 aromatic heterocycles. The lowest BCUT2D eigenvalue weighted by molar-refractivity contribution is -0.384. The molecule has 4 rings (SSSR count). The average Bonchev–Trinajstić information content (AvgIpc) is 3.26. The molecule has 0 unspecified atom stereocenters. The Labute approximate surface area is 201 Å². The van der Waals surface area contributed by atoms with Crippen LogP contribution in [0.3, 0.4) is 0 Å². The van der Waals surface area contributed by atoms with E-state index in [1.54, 1.807) is 31.1 Å². The number of methoxy groups -OCH3 is 1. The van der Waals surface area contributed by atoms with E-state index in [1.165, 1.54) is 16.8 Å². The molecule has 35 heavy (non-hydrogen) atoms. The summed E-state index contributed by atoms with van der Waals surface area (Å²) in [6.07, 6.45) is 1.52. The van der Waals surface area contributed by atoms with Gasteiger partial charge in [0.2, 0.25) is 5.91 Å². The fourth-order valence-corrected chi connectivity index (χ4v) is 4.17. The zero-order valence-corrected chi connectivity index (χ0v) is 19.5. The normalized spacial score (nSPS) is 13.9. The summed E-state index contributed by atoms with van der Waals surface area (Å²) in [5.74, 6) is 0.351. The Morgan fingerprint density at radius 3 is 2.63 bits per heavy atom. The number of non-ortho nitro benzene ring substituents is 1. The van der Waals surface area contributed by atoms with E-state index in [2.05, 4.69) is 15.6 Å². The van der Waals surface area contributed by atoms with Crippen molar-refractivity contribution in [2.45, 2.75) is 32.2 Å². The van der Waals surface area contributed by atoms with Gasteiger partial charge >= 0.3 is 0 Å². The Morgan fingerprint density at radius 2 is 1.91 bits per heavy atom. The van der Waals surface area contributed by atoms with Gasteiger partial charge in [0.1, 0.15) is 5.75 Å². The quantitative estimate of drug-likeness (QED) is 0.407. The lowest BCUT2D eigenvalue weighted by Gasteiger charge is -2.32. The van der Waals surface area contributed by atoms with Gasteiger partial charge in [-0.2, -0.15) is 0 Å². The van der Waals surface area contributed by atoms with Gasteiger partial charge in [0.25, 0.3) is 11.6 Å². The minimum Gasteiger partial charge on any atom is -0.496 e. The zero-order valence-electron chi connectivity index (χ0n) is 19.5. The maximum absolute atomic E-state index is 12.9. The van der Waals surface area contributed by atoms with E-state index in [1.807, 2.05) is 24.3 Å². The fourth-order valence-electron chi connectivity index (χ4n) is 4.17. The van der Waals surface area contributed by atoms with Crippen molar-refractivity contribution < 1.29 is 19.2 Å². The van der Waals surface area contributed by atoms with Crippen LogP contribution in [0.15, 0.2) is 48.5 Å². The Bertz CT molecular complexity index is 1250. The number of nitro benzene ring substituents is 1. The number of carbonyl (C=O) groups is 2. The van der Waals surface area contributed by atoms with Gasteiger partial charge in [-0.15, -0.1) is 5.10 Å². The summed E-state index contributed by atoms with van der Waals surface area (Å²) in [6.45, 7) is 2.77. The topological polar surface area (TPSA) is 132 Å². The van der Waals surface area contributed by atoms with Crippen LogP contribution in [0.2, 0.25) is 0 Å². The maximum Gasteiger partial charge on any atom is 0.273 e. The number of nitro groups is 1. The van der Waals surface area contributed by atoms with Gasteiger partial charge in [-0.05, 0) is 31.9 Å². The fraction of sp³-hybridized carbons (Fsp3) is 0.333. The van der Waals surface area contributed by atoms with Crippen molar-refractivity contribution in [2.75, 3.05) is 20.2 Å². The molecule has 0 aliphatic carbocycles. The van der Waals surface area contributed by atoms with Crippen molar-refractivity contribution in [1.29, 1.82) is 0 Å². The summed E-state index contributed by atoms with van der Waals surface area (Å²) in [5.41, 5.74) is 1.86. The number of carbonyl (C=O) groups excluding carboxylic acids is 2. The van der Waals surface area contributed by atoms with E-state index >= 15 is 0 Å². The largest absolute Gasteiger partial charge is 0.496 e. The summed E-state index contributed by atoms with van der Waals surface area (Å²) in [4.78, 5) is 38.0. The van der Waals surface area contributed by atoms with Crippen LogP contribution in [-0.4, -0.2) is 62.9 Å². The molecule has 2 heterocycles. The maximum atomic E-state index is 12.9. The van der Waals surface area contributed by atoms with Gasteiger partial charge < -0.3 is 15.0 Å². The number of piperidine rings is 1. The predicted molar refractivity (Wildman–Crippen MR) is 127 cm³/mol. The smallest absolute Gasteiger partial charge is 0.273 e. The third-order valence-electron chi connectivity index (χ3n) is 6.11. The second-order valence-corrected chi connectivity index (χ2v) is 8.33. The summed E-state index contributed by atoms with van der Waals surface area (Å²) in [7, 11) is 1.58. The molecule has 182 valence electrons. The summed E-state index contributed by atoms with van der Waals surface area (Å²) >= 11 is 0. The number of likely N-dealkylation sites (tertiary alicyclic amines) is 1. The second-order valence-electron chi connectivity index (χ2n) is 8.33. The van der Waals surface area contributed by atoms with Gasteiger partial charge in [-0.1, -0.05) is 29.5 Å². The number of benzene rings is 2. The number of amides is 2. The highest BCUT2D eigenvalue weighted by atomic mass is 16.6. The van der Waals surface area contributed by atoms with E-state index in [4.69, 9.17) is 4.74 Å². The molecule has 0 radical (unpaired) electrons. The van der Waals surface area contributed by atoms with E-state index in [0.717, 1.165) is 5.56 Å². The van der Waals surface area contributed by atoms with Crippen LogP contribution in [0.5, 0.6) is 5.75 Å². The highest BCUT2D eigenvalue weighted by Gasteiger charge is 2.26. The molecule has 3 aromatic rings. The van der Waals surface area contributed by atoms with E-state index in [9.17, 15) is 19.7 Å². The van der Waals surface area contributed by atoms with Crippen molar-refractivity contribution in [3.63, 3.8) is 0 Å². The summed E-state index contributed by atoms with van der Waals surface area (Å²) in [5, 5.41) is 22.0. The van der Waals surface area contributed by atoms with E-state index in [0.29, 0.717) is 43.1 Å². The predicted octanol–water partition coefficient (Wildman–Crippen LogP) is 2.46. The molecule has 11 nitrogen and oxygen atoms in total. The molecular weight excluding hydrogens is 452 g/mol. The highest BCUT2D eigenvalue weighted by Crippen LogP contribution is 2.21. The third-order valence-corrected chi connectivity index (χ3v) is 6.11. The van der Waals surface area contributed by atoms with Gasteiger partial charge in [0, 0.05) is 36.8 Å². The van der Waals surface area contributed by atoms with Gasteiger partial charge in [0.15, 0.2) is 5.69 Å². The van der Waals surface area contributed by atoms with Gasteiger partial charge in [-0.25, -0.2) is 4.68 Å². The molecule has 1 N–H and O–H groups in total. The van der Waals surface area contributed by atoms with Crippen LogP contribution >= 0.6 is 0 Å². The molecule has 11 heteroatoms. The first-order valence-electron chi connectivity index (χ1n) is 11.2. The first-order valence-corrected chi connectivity index (χ1v) is 11.2. The monoisotopic (exact) mass is 478 g/mol. The second kappa shape index (κ2) is 10.3. The molecule has 1 saturated heterocycles. The number of ether oxygens (including phenoxy) is 1. The molecule has 1 aliphatic rings. The minimum absolute atomic E-state index is 0.0232. The molecular formula is C24H26N6O5. The molecule has 2 aromatic carbocycles. The molecule has 0 atom stereocenters. The van der Waals surface area contributed by atoms with E-state index in [-0.39, 0.29) is 35.7 Å². The Kier molecular flexibility index (Phi) is 7.04. The molecule has 0 spiro atoms. The molecule has 2 amide bonds. The van der Waals surface area contributed by atoms with Crippen molar-refractivity contribution in [2.24, 2.45) is 0 Å². The molecule has 1 fully saturated rings. The van der Waals surface area contributed by atoms with Crippen LogP contribution in [0, 0.1) is 17.0 Å². The van der Waals surface area contributed by atoms with Crippen molar-refractivity contribution in [1.82, 2.24) is 25.2 Å². The van der Waals surface area contributed by atoms with Crippen molar-refractivity contribution in [3.05, 3.63) is 75.6 Å². The molecule has 0 bridgehead atoms. The zero-order chi connectivity index (χ0) is 24.9. The Morgan fingerprint density at radius 1 is 1.17 bits per heavy atom. The summed E-state index contributed by atoms with van der Waals surface area (Å²) < 4.78 is 6.74. The summed E-state index contributed by atoms with van der Waals surface area (Å²) in [6, 6.07) is 13.3. The average molecular weight is 479 g/mol. The van der Waals surface area contributed by atoms with Crippen molar-refractivity contribution in [3.8, 4) is 11.4 Å². The molecule has 1 aliphatic heterocycles. The number of nitrogens with one attached hydrogen (secondary N) is 1. The van der Waals surface area contributed by atoms with Gasteiger partial charge in [-0.3, -0.25) is 19.7 Å². The van der Waals surface area contributed by atoms with Crippen LogP contribution in [0.25, 0.3) is 5.69 Å². The minimum atomic E-state index is -0.489. The van der Waals surface area contributed by atoms with Crippen LogP contribution in [0.4, 0.5) is 5.69 Å². The van der Waals surface area contributed by atoms with Crippen molar-refractivity contribution >= 4 is 17.5 Å². The number of hydrogen-bond donors (Lipinski definition) is 1. The Balaban J connectivity index is 1.34. The number of rotatable bonds is 7. The standard InChI is InChI=1S/C24H26N6O5/c1-16-23(26-27-29(16)19-7-5-8-20(15-19)30(33)34)24(32)25-18-10-12-28(13-11-18)22(31)14-17-6-3-4-9-21(17)35-2/h3-9,15,18H,10-14H2,1-2H3,(H,25,32). The third kappa shape index (κ3) is 5.29. The number of para-hydroxylation sites is 1. The first-order chi connectivity index (χ1) is 16.9. The highest BCUT2D eigenvalue weighted by molar-refractivity contribution is 5.93. The lowest BCUT2D eigenvalue weighted by Crippen LogP contribution is -2.47. The van der Waals surface area contributed by atoms with Gasteiger partial charge in [0.05, 0.1) is 29.8 Å². The first kappa shape index (κ1) is 23.9. The van der Waals surface area contributed by atoms with Crippen LogP contribution in [-0.2, 0) is 11.2 Å². The van der Waals surface area contributed by atoms with Crippen LogP contribution < -0.4 is 10.1 Å². The molecule has 0 saturated carbocycles. The van der Waals surface area contributed by atoms with E-state index < -0.39 is 4.92 Å². The Hall–Kier alpha value is -4.28. The number of hydrogen-bond acceptors (Lipinski definition) is 7. The number of aromatic nitrogens is 3. The SMILES string of the molecule is COc1ccccc1CC(=O)N1CCC(NC(=O)c2nnn(-c3cccc([N+](=O)[O-])c3)c2C)CC1. The van der Waals surface area contributed by atoms with Crippen LogP contribution in [0.1, 0.15) is 34.6 Å².